The van der Waals surface area contributed by atoms with E-state index in [9.17, 15) is 78.7 Å². The normalized spacial score (nSPS) is 15.5. The first kappa shape index (κ1) is 34.7. The Bertz CT molecular complexity index is 824. The van der Waals surface area contributed by atoms with Crippen LogP contribution in [0.25, 0.3) is 0 Å². The molecule has 0 spiro atoms. The first-order valence-corrected chi connectivity index (χ1v) is 9.22. The van der Waals surface area contributed by atoms with Gasteiger partial charge in [0.1, 0.15) is 0 Å². The molecule has 0 aromatic heterocycles. The molecule has 3 N–H and O–H groups in total. The molecule has 0 saturated heterocycles. The zero-order valence-electron chi connectivity index (χ0n) is 16.0. The molecule has 0 unspecified atom stereocenters. The van der Waals surface area contributed by atoms with E-state index in [-0.39, 0.29) is 6.92 Å². The van der Waals surface area contributed by atoms with E-state index in [2.05, 4.69) is 6.58 Å². The Morgan fingerprint density at radius 2 is 0.912 bits per heavy atom. The van der Waals surface area contributed by atoms with Crippen molar-refractivity contribution in [1.29, 1.82) is 0 Å². The van der Waals surface area contributed by atoms with Crippen molar-refractivity contribution in [2.45, 2.75) is 60.1 Å². The van der Waals surface area contributed by atoms with Crippen LogP contribution >= 0.6 is 0 Å². The molecule has 0 aliphatic carbocycles. The molecule has 0 amide bonds. The SMILES string of the molecule is C=CCN.CCC(F)(F)C(F)(F)C(F)(F)C(F)(F)C(F)(F)C(F)(F)C(F)(F)C(F)(F)S(=O)(=O)O. The van der Waals surface area contributed by atoms with Gasteiger partial charge in [-0.25, -0.2) is 0 Å². The molecule has 0 atom stereocenters. The third kappa shape index (κ3) is 4.78. The number of hydrogen-bond acceptors (Lipinski definition) is 3. The van der Waals surface area contributed by atoms with Crippen molar-refractivity contribution in [3.05, 3.63) is 12.7 Å². The third-order valence-electron chi connectivity index (χ3n) is 3.73. The summed E-state index contributed by atoms with van der Waals surface area (Å²) in [5.41, 5.74) is 4.91. The van der Waals surface area contributed by atoms with Crippen LogP contribution in [0.2, 0.25) is 0 Å². The molecule has 34 heavy (non-hydrogen) atoms. The molecule has 0 fully saturated rings. The molecule has 4 nitrogen and oxygen atoms in total. The van der Waals surface area contributed by atoms with Gasteiger partial charge in [0.15, 0.2) is 0 Å². The van der Waals surface area contributed by atoms with Crippen molar-refractivity contribution in [2.75, 3.05) is 6.54 Å². The van der Waals surface area contributed by atoms with Crippen LogP contribution in [0.15, 0.2) is 12.7 Å². The minimum Gasteiger partial charge on any atom is -0.327 e. The summed E-state index contributed by atoms with van der Waals surface area (Å²) in [6.07, 6.45) is -0.857. The fraction of sp³-hybridized carbons (Fsp3) is 0.846. The highest BCUT2D eigenvalue weighted by molar-refractivity contribution is 7.87. The van der Waals surface area contributed by atoms with Gasteiger partial charge in [0.05, 0.1) is 0 Å². The minimum atomic E-state index is -8.73. The number of halogens is 16. The lowest BCUT2D eigenvalue weighted by atomic mass is 9.88. The number of nitrogens with two attached hydrogens (primary N) is 1. The summed E-state index contributed by atoms with van der Waals surface area (Å²) in [7, 11) is -7.84. The smallest absolute Gasteiger partial charge is 0.327 e. The lowest BCUT2D eigenvalue weighted by molar-refractivity contribution is -0.449. The maximum Gasteiger partial charge on any atom is 0.438 e. The predicted octanol–water partition coefficient (Wildman–Crippen LogP) is 5.46. The van der Waals surface area contributed by atoms with Crippen LogP contribution in [0.1, 0.15) is 13.3 Å². The summed E-state index contributed by atoms with van der Waals surface area (Å²) in [5, 5.41) is -7.77. The molecule has 0 aliphatic heterocycles. The average molecular weight is 567 g/mol. The topological polar surface area (TPSA) is 80.4 Å². The summed E-state index contributed by atoms with van der Waals surface area (Å²) >= 11 is 0. The molecular formula is C13H13F16NO3S. The first-order valence-electron chi connectivity index (χ1n) is 7.78. The second-order valence-corrected chi connectivity index (χ2v) is 7.48. The van der Waals surface area contributed by atoms with Gasteiger partial charge in [0.25, 0.3) is 0 Å². The number of hydrogen-bond donors (Lipinski definition) is 2. The van der Waals surface area contributed by atoms with E-state index in [4.69, 9.17) is 10.3 Å². The van der Waals surface area contributed by atoms with Crippen molar-refractivity contribution in [1.82, 2.24) is 0 Å². The fourth-order valence-corrected chi connectivity index (χ4v) is 2.04. The van der Waals surface area contributed by atoms with E-state index in [1.165, 1.54) is 0 Å². The highest BCUT2D eigenvalue weighted by atomic mass is 32.2. The third-order valence-corrected chi connectivity index (χ3v) is 4.64. The zero-order valence-corrected chi connectivity index (χ0v) is 16.8. The highest BCUT2D eigenvalue weighted by Crippen LogP contribution is 2.64. The molecule has 0 aromatic carbocycles. The molecule has 0 radical (unpaired) electrons. The maximum atomic E-state index is 13.3. The Hall–Kier alpha value is -1.51. The van der Waals surface area contributed by atoms with Crippen LogP contribution in [0, 0.1) is 0 Å². The van der Waals surface area contributed by atoms with E-state index in [1.54, 1.807) is 6.08 Å². The lowest BCUT2D eigenvalue weighted by Crippen LogP contribution is -2.75. The lowest BCUT2D eigenvalue weighted by Gasteiger charge is -2.43. The summed E-state index contributed by atoms with van der Waals surface area (Å²) in [6, 6.07) is 0. The van der Waals surface area contributed by atoms with Crippen LogP contribution < -0.4 is 5.73 Å². The monoisotopic (exact) mass is 567 g/mol. The molecular weight excluding hydrogens is 554 g/mol. The Labute approximate surface area is 179 Å². The molecule has 206 valence electrons. The minimum absolute atomic E-state index is 0.101. The van der Waals surface area contributed by atoms with Crippen LogP contribution in [-0.4, -0.2) is 66.2 Å². The summed E-state index contributed by atoms with van der Waals surface area (Å²) in [5.74, 6) is -56.6. The van der Waals surface area contributed by atoms with Gasteiger partial charge in [-0.05, 0) is 0 Å². The van der Waals surface area contributed by atoms with Crippen molar-refractivity contribution >= 4 is 10.1 Å². The Kier molecular flexibility index (Phi) is 9.69. The van der Waals surface area contributed by atoms with E-state index in [0.717, 1.165) is 0 Å². The van der Waals surface area contributed by atoms with E-state index in [0.29, 0.717) is 6.54 Å². The second kappa shape index (κ2) is 9.51. The van der Waals surface area contributed by atoms with Crippen LogP contribution in [0.5, 0.6) is 0 Å². The van der Waals surface area contributed by atoms with Gasteiger partial charge in [0, 0.05) is 13.0 Å². The van der Waals surface area contributed by atoms with Crippen LogP contribution in [0.3, 0.4) is 0 Å². The maximum absolute atomic E-state index is 13.3. The van der Waals surface area contributed by atoms with Crippen molar-refractivity contribution in [2.24, 2.45) is 5.73 Å². The second-order valence-electron chi connectivity index (χ2n) is 6.02. The van der Waals surface area contributed by atoms with Gasteiger partial charge >= 0.3 is 56.8 Å². The molecule has 0 rings (SSSR count). The molecule has 0 saturated carbocycles. The van der Waals surface area contributed by atoms with Gasteiger partial charge in [-0.3, -0.25) is 4.55 Å². The molecule has 21 heteroatoms. The summed E-state index contributed by atoms with van der Waals surface area (Å²) in [6.45, 7) is 3.84. The van der Waals surface area contributed by atoms with Crippen LogP contribution in [-0.2, 0) is 10.1 Å². The van der Waals surface area contributed by atoms with E-state index in [1.807, 2.05) is 0 Å². The molecule has 0 bridgehead atoms. The molecule has 0 aliphatic rings. The van der Waals surface area contributed by atoms with Gasteiger partial charge in [-0.15, -0.1) is 6.58 Å². The van der Waals surface area contributed by atoms with E-state index < -0.39 is 63.3 Å². The van der Waals surface area contributed by atoms with Crippen molar-refractivity contribution in [3.63, 3.8) is 0 Å². The van der Waals surface area contributed by atoms with E-state index >= 15 is 0 Å². The molecule has 0 heterocycles. The predicted molar refractivity (Wildman–Crippen MR) is 80.7 cm³/mol. The largest absolute Gasteiger partial charge is 0.438 e. The van der Waals surface area contributed by atoms with Gasteiger partial charge in [-0.2, -0.15) is 78.7 Å². The number of rotatable bonds is 10. The van der Waals surface area contributed by atoms with Crippen LogP contribution in [0.4, 0.5) is 70.2 Å². The average Bonchev–Trinajstić information content (AvgIpc) is 2.65. The Balaban J connectivity index is 0. The summed E-state index contributed by atoms with van der Waals surface area (Å²) in [4.78, 5) is 0. The quantitative estimate of drug-likeness (QED) is 0.209. The van der Waals surface area contributed by atoms with Gasteiger partial charge in [-0.1, -0.05) is 13.0 Å². The standard InChI is InChI=1S/C10H6F16O3S.C3H7N/c1-2-3(11,12)4(13,14)5(15,16)6(17,18)7(19,20)8(21,22)9(23,24)10(25,26)30(27,28)29;1-2-3-4/h2H2,1H3,(H,27,28,29);2H,1,3-4H2. The molecule has 0 aromatic rings. The van der Waals surface area contributed by atoms with Crippen molar-refractivity contribution in [3.8, 4) is 0 Å². The number of alkyl halides is 16. The zero-order chi connectivity index (χ0) is 28.6. The summed E-state index contributed by atoms with van der Waals surface area (Å²) < 4.78 is 237. The first-order chi connectivity index (χ1) is 14.5. The highest BCUT2D eigenvalue weighted by Gasteiger charge is 2.95. The van der Waals surface area contributed by atoms with Gasteiger partial charge in [0.2, 0.25) is 0 Å². The Morgan fingerprint density at radius 3 is 1.12 bits per heavy atom. The fourth-order valence-electron chi connectivity index (χ4n) is 1.59. The van der Waals surface area contributed by atoms with Crippen molar-refractivity contribution < 1.29 is 83.2 Å². The Morgan fingerprint density at radius 1 is 0.676 bits per heavy atom. The van der Waals surface area contributed by atoms with Gasteiger partial charge < -0.3 is 5.73 Å².